The molecule has 0 amide bonds. The monoisotopic (exact) mass is 1370 g/mol. The predicted octanol–water partition coefficient (Wildman–Crippen LogP) is 17.4. The van der Waals surface area contributed by atoms with E-state index in [1.165, 1.54) is 64.0 Å². The van der Waals surface area contributed by atoms with Crippen molar-refractivity contribution >= 4 is 74.1 Å². The average Bonchev–Trinajstić information content (AvgIpc) is 3.38. The van der Waals surface area contributed by atoms with E-state index in [4.69, 9.17) is 9.84 Å². The van der Waals surface area contributed by atoms with Crippen LogP contribution in [0.3, 0.4) is 0 Å². The number of carbonyl (C=O) groups excluding carboxylic acids is 6. The second kappa shape index (κ2) is 75.6. The van der Waals surface area contributed by atoms with Crippen molar-refractivity contribution in [1.82, 2.24) is 0 Å². The summed E-state index contributed by atoms with van der Waals surface area (Å²) in [6.07, 6.45) is 37.0. The van der Waals surface area contributed by atoms with Gasteiger partial charge in [0, 0.05) is 18.2 Å². The number of hydrogen-bond acceptors (Lipinski definition) is 10. The standard InChI is InChI=1S/C15H26O.2C13H22O.C11H18O3.C10H18O.C6H10O3.C5H9Br.C2H3.BrH.Mg/c1-6-15(5,16)12-8-11-14(4)10-7-9-13(2)3;2*1-11(2)7-5-8-12(3)9-6-10-13(4)14;1-5-14-11(13)10(9(4)12)7-6-8(2)3;1-9(2)5-4-6-10(3)7-8-11;1-3-9-6(8)4-5(2)7;1-5(2)3-4-6;1-2;;/h6,9,11,16H,1,7-8,10,12H2,2-5H3;2*7,9H,5-6,8,10H2,1-4H3;6,10H,5,7H2,1-4H3;5,7,11H,4,6,8H2,1-3H3;3-4H2,1-2H3;3H,4H2,1-2H3;1H,2H2;1H;/q;;;;;;;-1;;+2/p-1/b14-11+;2*12-9+;;10-7+;;;;;. The Bertz CT molecular complexity index is 2090. The number of carbonyl (C=O) groups is 6. The minimum atomic E-state index is -0.726. The van der Waals surface area contributed by atoms with Gasteiger partial charge < -0.3 is 52.8 Å². The summed E-state index contributed by atoms with van der Waals surface area (Å²) in [6, 6.07) is 0. The molecule has 0 radical (unpaired) electrons. The van der Waals surface area contributed by atoms with E-state index >= 15 is 0 Å². The van der Waals surface area contributed by atoms with Gasteiger partial charge in [0.25, 0.3) is 0 Å². The molecule has 0 heterocycles. The van der Waals surface area contributed by atoms with Gasteiger partial charge in [-0.1, -0.05) is 138 Å². The molecule has 0 aromatic carbocycles. The first-order chi connectivity index (χ1) is 40.0. The van der Waals surface area contributed by atoms with Crippen LogP contribution in [0.25, 0.3) is 0 Å². The molecule has 0 spiro atoms. The van der Waals surface area contributed by atoms with Crippen LogP contribution in [-0.2, 0) is 38.2 Å². The van der Waals surface area contributed by atoms with Crippen molar-refractivity contribution in [2.24, 2.45) is 5.92 Å². The van der Waals surface area contributed by atoms with Crippen LogP contribution in [0, 0.1) is 12.5 Å². The fourth-order valence-corrected chi connectivity index (χ4v) is 6.92. The quantitative estimate of drug-likeness (QED) is 0.0166. The van der Waals surface area contributed by atoms with Crippen molar-refractivity contribution < 1.29 is 65.4 Å². The zero-order chi connectivity index (χ0) is 68.6. The molecule has 504 valence electrons. The third kappa shape index (κ3) is 107. The van der Waals surface area contributed by atoms with E-state index in [9.17, 15) is 33.9 Å². The number of Topliss-reactive ketones (excluding diaryl/α,β-unsaturated/α-hetero) is 4. The Morgan fingerprint density at radius 2 is 0.784 bits per heavy atom. The maximum absolute atomic E-state index is 11.3. The topological polar surface area (TPSA) is 161 Å². The molecule has 88 heavy (non-hydrogen) atoms. The average molecular weight is 1370 g/mol. The third-order valence-corrected chi connectivity index (χ3v) is 11.7. The molecule has 2 unspecified atom stereocenters. The van der Waals surface area contributed by atoms with Crippen molar-refractivity contribution in [3.63, 3.8) is 0 Å². The number of allylic oxidation sites excluding steroid dienone is 19. The predicted molar refractivity (Wildman–Crippen MR) is 382 cm³/mol. The molecule has 0 bridgehead atoms. The third-order valence-electron chi connectivity index (χ3n) is 11.4. The molecule has 0 aromatic rings. The number of esters is 2. The SMILES string of the molecule is C=CC(C)(O)CC/C=C(\C)CCC=C(C)C.CC(=O)CC/C=C(\C)CCC=C(C)C.CC(=O)CC/C=C(\C)CCC=C(C)C.CC(C)=CCBr.CC(C)=CCC/C(C)=C/CO.CCOC(=O)C(CC=C(C)C)C(C)=O.CCOC(=O)CC(C)=O.[Br-].[CH-]=C.[Mg+2]. The van der Waals surface area contributed by atoms with Crippen molar-refractivity contribution in [3.8, 4) is 0 Å². The Kier molecular flexibility index (Phi) is 90.9. The van der Waals surface area contributed by atoms with E-state index in [0.717, 1.165) is 88.0 Å². The van der Waals surface area contributed by atoms with Crippen LogP contribution in [0.15, 0.2) is 136 Å². The largest absolute Gasteiger partial charge is 2.00 e. The smallest absolute Gasteiger partial charge is 1.00 e. The van der Waals surface area contributed by atoms with Crippen molar-refractivity contribution in [3.05, 3.63) is 142 Å². The molecular weight excluding hydrogens is 1240 g/mol. The Morgan fingerprint density at radius 3 is 1.02 bits per heavy atom. The second-order valence-corrected chi connectivity index (χ2v) is 23.4. The molecule has 13 heteroatoms. The fraction of sp³-hybridized carbons (Fsp3) is 0.600. The van der Waals surface area contributed by atoms with Gasteiger partial charge in [-0.2, -0.15) is 0 Å². The number of ether oxygens (including phenoxy) is 2. The summed E-state index contributed by atoms with van der Waals surface area (Å²) in [4.78, 5) is 64.5. The Labute approximate surface area is 576 Å². The van der Waals surface area contributed by atoms with Crippen LogP contribution in [0.5, 0.6) is 0 Å². The number of aliphatic hydroxyl groups excluding tert-OH is 1. The Morgan fingerprint density at radius 1 is 0.477 bits per heavy atom. The molecule has 0 fully saturated rings. The summed E-state index contributed by atoms with van der Waals surface area (Å²) < 4.78 is 9.30. The van der Waals surface area contributed by atoms with Gasteiger partial charge in [0.15, 0.2) is 0 Å². The zero-order valence-corrected chi connectivity index (χ0v) is 64.8. The van der Waals surface area contributed by atoms with Crippen LogP contribution >= 0.6 is 15.9 Å². The maximum Gasteiger partial charge on any atom is 2.00 e. The molecule has 0 saturated carbocycles. The molecule has 0 aliphatic heterocycles. The van der Waals surface area contributed by atoms with Crippen LogP contribution in [0.1, 0.15) is 262 Å². The summed E-state index contributed by atoms with van der Waals surface area (Å²) in [5, 5.41) is 19.3. The number of alkyl halides is 1. The van der Waals surface area contributed by atoms with Gasteiger partial charge in [-0.15, -0.1) is 6.58 Å². The molecular formula is C75H128Br2MgO10. The van der Waals surface area contributed by atoms with Gasteiger partial charge in [-0.05, 0) is 243 Å². The Balaban J connectivity index is -0.000000101. The van der Waals surface area contributed by atoms with Crippen LogP contribution in [0.4, 0.5) is 0 Å². The van der Waals surface area contributed by atoms with E-state index in [-0.39, 0.29) is 76.2 Å². The minimum Gasteiger partial charge on any atom is -1.00 e. The molecule has 2 atom stereocenters. The number of rotatable bonds is 32. The molecule has 10 nitrogen and oxygen atoms in total. The number of aliphatic hydroxyl groups is 2. The summed E-state index contributed by atoms with van der Waals surface area (Å²) in [5.74, 6) is -1.24. The van der Waals surface area contributed by atoms with Gasteiger partial charge in [0.1, 0.15) is 35.5 Å². The van der Waals surface area contributed by atoms with E-state index in [0.29, 0.717) is 32.5 Å². The summed E-state index contributed by atoms with van der Waals surface area (Å²) in [7, 11) is 0. The zero-order valence-electron chi connectivity index (χ0n) is 60.2. The van der Waals surface area contributed by atoms with Gasteiger partial charge in [0.05, 0.1) is 25.4 Å². The summed E-state index contributed by atoms with van der Waals surface area (Å²) >= 11 is 3.27. The van der Waals surface area contributed by atoms with Crippen molar-refractivity contribution in [1.29, 1.82) is 0 Å². The maximum atomic E-state index is 11.3. The normalized spacial score (nSPS) is 11.2. The molecule has 0 aliphatic rings. The summed E-state index contributed by atoms with van der Waals surface area (Å²) in [6.45, 7) is 56.2. The second-order valence-electron chi connectivity index (χ2n) is 22.8. The van der Waals surface area contributed by atoms with E-state index in [1.54, 1.807) is 40.7 Å². The van der Waals surface area contributed by atoms with Gasteiger partial charge >= 0.3 is 35.0 Å². The first-order valence-corrected chi connectivity index (χ1v) is 31.8. The first-order valence-electron chi connectivity index (χ1n) is 30.7. The molecule has 0 aliphatic carbocycles. The van der Waals surface area contributed by atoms with E-state index < -0.39 is 23.5 Å². The minimum absolute atomic E-state index is 0. The molecule has 0 rings (SSSR count). The molecule has 0 saturated heterocycles. The first kappa shape index (κ1) is 106. The van der Waals surface area contributed by atoms with Crippen LogP contribution in [-0.4, -0.2) is 99.1 Å². The summed E-state index contributed by atoms with van der Waals surface area (Å²) in [5.41, 5.74) is 12.7. The number of halogens is 2. The van der Waals surface area contributed by atoms with Crippen molar-refractivity contribution in [2.45, 2.75) is 268 Å². The fourth-order valence-electron chi connectivity index (χ4n) is 6.27. The molecule has 2 N–H and O–H groups in total. The Hall–Kier alpha value is -3.85. The van der Waals surface area contributed by atoms with Gasteiger partial charge in [-0.25, -0.2) is 0 Å². The van der Waals surface area contributed by atoms with Crippen molar-refractivity contribution in [2.75, 3.05) is 25.2 Å². The van der Waals surface area contributed by atoms with E-state index in [2.05, 4.69) is 186 Å². The van der Waals surface area contributed by atoms with Gasteiger partial charge in [0.2, 0.25) is 0 Å². The number of ketones is 4. The van der Waals surface area contributed by atoms with Crippen LogP contribution < -0.4 is 17.0 Å². The van der Waals surface area contributed by atoms with Crippen LogP contribution in [0.2, 0.25) is 0 Å². The number of hydrogen-bond donors (Lipinski definition) is 2. The van der Waals surface area contributed by atoms with E-state index in [1.807, 2.05) is 26.0 Å². The van der Waals surface area contributed by atoms with Gasteiger partial charge in [-0.3, -0.25) is 25.8 Å². The molecule has 0 aromatic heterocycles.